The molecule has 0 unspecified atom stereocenters. The Bertz CT molecular complexity index is 199. The van der Waals surface area contributed by atoms with Crippen molar-refractivity contribution < 1.29 is 40.2 Å². The maximum atomic E-state index is 9.25. The van der Waals surface area contributed by atoms with Crippen molar-refractivity contribution in [2.24, 2.45) is 0 Å². The molecule has 0 aromatic rings. The van der Waals surface area contributed by atoms with Crippen LogP contribution in [0.4, 0.5) is 0 Å². The zero-order valence-corrected chi connectivity index (χ0v) is 11.3. The summed E-state index contributed by atoms with van der Waals surface area (Å²) in [6.07, 6.45) is 2.67. The highest BCUT2D eigenvalue weighted by atomic mass is 16.4. The van der Waals surface area contributed by atoms with Crippen molar-refractivity contribution >= 4 is 11.9 Å². The number of hydrogen-bond donors (Lipinski definition) is 6. The summed E-state index contributed by atoms with van der Waals surface area (Å²) in [6.45, 7) is 6.30. The number of hydrogen-bond acceptors (Lipinski definition) is 6. The molecule has 8 heteroatoms. The third-order valence-corrected chi connectivity index (χ3v) is 0.982. The van der Waals surface area contributed by atoms with Gasteiger partial charge in [0.05, 0.1) is 0 Å². The highest BCUT2D eigenvalue weighted by Gasteiger charge is 1.74. The van der Waals surface area contributed by atoms with Gasteiger partial charge in [-0.25, -0.2) is 9.59 Å². The average molecular weight is 296 g/mol. The Morgan fingerprint density at radius 2 is 0.850 bits per heavy atom. The quantitative estimate of drug-likeness (QED) is 0.349. The van der Waals surface area contributed by atoms with E-state index in [2.05, 4.69) is 13.2 Å². The fourth-order valence-electron chi connectivity index (χ4n) is 0.141. The lowest BCUT2D eigenvalue weighted by Gasteiger charge is -1.79. The van der Waals surface area contributed by atoms with E-state index in [9.17, 15) is 9.59 Å². The number of carbonyl (C=O) groups is 2. The van der Waals surface area contributed by atoms with Crippen LogP contribution in [-0.2, 0) is 9.59 Å². The van der Waals surface area contributed by atoms with Crippen molar-refractivity contribution in [2.45, 2.75) is 12.8 Å². The molecule has 6 N–H and O–H groups in total. The molecule has 0 aliphatic carbocycles. The molecular formula is C12H24O8. The zero-order valence-electron chi connectivity index (χ0n) is 11.3. The smallest absolute Gasteiger partial charge is 0.327 e. The van der Waals surface area contributed by atoms with Crippen LogP contribution in [0.15, 0.2) is 25.3 Å². The fraction of sp³-hybridized carbons (Fsp3) is 0.500. The van der Waals surface area contributed by atoms with Gasteiger partial charge in [-0.3, -0.25) is 0 Å². The van der Waals surface area contributed by atoms with Gasteiger partial charge in [-0.15, -0.1) is 0 Å². The third kappa shape index (κ3) is 96.6. The Kier molecular flexibility index (Phi) is 40.6. The summed E-state index contributed by atoms with van der Waals surface area (Å²) in [6, 6.07) is 0. The number of carboxylic acids is 2. The van der Waals surface area contributed by atoms with Crippen LogP contribution in [0, 0.1) is 0 Å². The maximum absolute atomic E-state index is 9.25. The minimum atomic E-state index is -0.981. The number of aliphatic hydroxyl groups is 4. The summed E-state index contributed by atoms with van der Waals surface area (Å²) in [5.41, 5.74) is 0. The van der Waals surface area contributed by atoms with E-state index in [0.29, 0.717) is 12.8 Å². The molecule has 0 aromatic heterocycles. The van der Waals surface area contributed by atoms with Crippen molar-refractivity contribution in [2.75, 3.05) is 26.4 Å². The molecule has 0 saturated heterocycles. The molecule has 0 fully saturated rings. The van der Waals surface area contributed by atoms with Crippen LogP contribution in [0.2, 0.25) is 0 Å². The molecule has 0 bridgehead atoms. The second-order valence-electron chi connectivity index (χ2n) is 2.69. The lowest BCUT2D eigenvalue weighted by Crippen LogP contribution is -1.85. The molecule has 0 atom stereocenters. The van der Waals surface area contributed by atoms with E-state index in [1.807, 2.05) is 0 Å². The SMILES string of the molecule is C=CC(=O)O.C=CC(=O)O.OCCCO.OCCCO. The first-order chi connectivity index (χ1) is 9.37. The Balaban J connectivity index is -0.0000000853. The Morgan fingerprint density at radius 1 is 0.700 bits per heavy atom. The highest BCUT2D eigenvalue weighted by Crippen LogP contribution is 1.65. The number of aliphatic hydroxyl groups excluding tert-OH is 4. The van der Waals surface area contributed by atoms with Gasteiger partial charge in [0.25, 0.3) is 0 Å². The van der Waals surface area contributed by atoms with Gasteiger partial charge in [0.2, 0.25) is 0 Å². The van der Waals surface area contributed by atoms with Crippen molar-refractivity contribution in [3.05, 3.63) is 25.3 Å². The first-order valence-corrected chi connectivity index (χ1v) is 5.51. The summed E-state index contributed by atoms with van der Waals surface area (Å²) >= 11 is 0. The summed E-state index contributed by atoms with van der Waals surface area (Å²) in [5.74, 6) is -1.96. The molecule has 8 nitrogen and oxygen atoms in total. The molecule has 0 heterocycles. The monoisotopic (exact) mass is 296 g/mol. The highest BCUT2D eigenvalue weighted by molar-refractivity contribution is 5.79. The standard InChI is InChI=1S/2C3H4O2.2C3H8O2/c2*1-2-3(4)5;2*4-2-1-3-5/h2*2H,1H2,(H,4,5);2*4-5H,1-3H2. The van der Waals surface area contributed by atoms with Crippen molar-refractivity contribution in [3.8, 4) is 0 Å². The van der Waals surface area contributed by atoms with Gasteiger partial charge >= 0.3 is 11.9 Å². The predicted molar refractivity (Wildman–Crippen MR) is 73.2 cm³/mol. The average Bonchev–Trinajstić information content (AvgIpc) is 2.42. The van der Waals surface area contributed by atoms with Gasteiger partial charge in [0.1, 0.15) is 0 Å². The largest absolute Gasteiger partial charge is 0.478 e. The number of rotatable bonds is 6. The van der Waals surface area contributed by atoms with E-state index in [1.54, 1.807) is 0 Å². The van der Waals surface area contributed by atoms with Gasteiger partial charge in [0, 0.05) is 38.6 Å². The van der Waals surface area contributed by atoms with Crippen LogP contribution in [-0.4, -0.2) is 69.0 Å². The molecule has 0 amide bonds. The first kappa shape index (κ1) is 26.8. The van der Waals surface area contributed by atoms with E-state index in [4.69, 9.17) is 30.6 Å². The van der Waals surface area contributed by atoms with Crippen LogP contribution in [0.3, 0.4) is 0 Å². The molecule has 120 valence electrons. The second kappa shape index (κ2) is 30.4. The van der Waals surface area contributed by atoms with E-state index in [1.165, 1.54) is 0 Å². The molecule has 0 spiro atoms. The molecule has 20 heavy (non-hydrogen) atoms. The summed E-state index contributed by atoms with van der Waals surface area (Å²) in [4.78, 5) is 18.5. The Hall–Kier alpha value is -1.74. The van der Waals surface area contributed by atoms with Crippen molar-refractivity contribution in [3.63, 3.8) is 0 Å². The van der Waals surface area contributed by atoms with E-state index in [0.717, 1.165) is 12.2 Å². The van der Waals surface area contributed by atoms with Gasteiger partial charge in [-0.05, 0) is 12.8 Å². The summed E-state index contributed by atoms with van der Waals surface area (Å²) in [7, 11) is 0. The molecule has 0 radical (unpaired) electrons. The maximum Gasteiger partial charge on any atom is 0.327 e. The van der Waals surface area contributed by atoms with Crippen LogP contribution < -0.4 is 0 Å². The third-order valence-electron chi connectivity index (χ3n) is 0.982. The fourth-order valence-corrected chi connectivity index (χ4v) is 0.141. The molecular weight excluding hydrogens is 272 g/mol. The molecule has 0 aromatic carbocycles. The molecule has 0 aliphatic rings. The lowest BCUT2D eigenvalue weighted by atomic mass is 10.5. The topological polar surface area (TPSA) is 156 Å². The second-order valence-corrected chi connectivity index (χ2v) is 2.69. The van der Waals surface area contributed by atoms with Gasteiger partial charge in [-0.1, -0.05) is 13.2 Å². The van der Waals surface area contributed by atoms with Crippen LogP contribution in [0.5, 0.6) is 0 Å². The van der Waals surface area contributed by atoms with E-state index in [-0.39, 0.29) is 26.4 Å². The lowest BCUT2D eigenvalue weighted by molar-refractivity contribution is -0.132. The molecule has 0 saturated carbocycles. The summed E-state index contributed by atoms with van der Waals surface area (Å²) < 4.78 is 0. The normalized spacial score (nSPS) is 7.40. The van der Waals surface area contributed by atoms with E-state index < -0.39 is 11.9 Å². The predicted octanol–water partition coefficient (Wildman–Crippen LogP) is -0.764. The molecule has 0 aliphatic heterocycles. The first-order valence-electron chi connectivity index (χ1n) is 5.51. The van der Waals surface area contributed by atoms with Crippen LogP contribution >= 0.6 is 0 Å². The van der Waals surface area contributed by atoms with Crippen LogP contribution in [0.25, 0.3) is 0 Å². The molecule has 0 rings (SSSR count). The van der Waals surface area contributed by atoms with Crippen LogP contribution in [0.1, 0.15) is 12.8 Å². The van der Waals surface area contributed by atoms with Gasteiger partial charge in [0.15, 0.2) is 0 Å². The Morgan fingerprint density at radius 3 is 0.850 bits per heavy atom. The minimum Gasteiger partial charge on any atom is -0.478 e. The Labute approximate surface area is 117 Å². The zero-order chi connectivity index (χ0) is 16.8. The minimum absolute atomic E-state index is 0.0938. The van der Waals surface area contributed by atoms with Crippen molar-refractivity contribution in [1.29, 1.82) is 0 Å². The van der Waals surface area contributed by atoms with Gasteiger partial charge in [-0.2, -0.15) is 0 Å². The summed E-state index contributed by atoms with van der Waals surface area (Å²) in [5, 5.41) is 46.8. The van der Waals surface area contributed by atoms with Crippen molar-refractivity contribution in [1.82, 2.24) is 0 Å². The number of carboxylic acid groups (broad SMARTS) is 2. The van der Waals surface area contributed by atoms with Gasteiger partial charge < -0.3 is 30.6 Å². The number of aliphatic carboxylic acids is 2. The van der Waals surface area contributed by atoms with E-state index >= 15 is 0 Å².